The third-order valence-corrected chi connectivity index (χ3v) is 2.21. The lowest BCUT2D eigenvalue weighted by atomic mass is 10.6. The first-order valence-corrected chi connectivity index (χ1v) is 4.15. The van der Waals surface area contributed by atoms with Crippen LogP contribution in [-0.2, 0) is 0 Å². The van der Waals surface area contributed by atoms with Crippen molar-refractivity contribution in [2.45, 2.75) is 0 Å². The van der Waals surface area contributed by atoms with E-state index in [4.69, 9.17) is 28.7 Å². The summed E-state index contributed by atoms with van der Waals surface area (Å²) in [6.45, 7) is 0. The van der Waals surface area contributed by atoms with Crippen molar-refractivity contribution in [3.8, 4) is 6.01 Å². The highest BCUT2D eigenvalue weighted by molar-refractivity contribution is 7.71. The third-order valence-electron chi connectivity index (χ3n) is 1.53. The molecule has 13 heavy (non-hydrogen) atoms. The Kier molecular flexibility index (Phi) is 1.93. The number of fused-ring (bicyclic) bond motifs is 1. The van der Waals surface area contributed by atoms with Crippen molar-refractivity contribution in [3.63, 3.8) is 0 Å². The van der Waals surface area contributed by atoms with Gasteiger partial charge in [0, 0.05) is 24.0 Å². The largest absolute Gasteiger partial charge is 0.467 e. The molecular formula is C6H5ClN4OS. The van der Waals surface area contributed by atoms with Gasteiger partial charge in [-0.2, -0.15) is 13.7 Å². The Bertz CT molecular complexity index is 505. The summed E-state index contributed by atoms with van der Waals surface area (Å²) in [5.74, 6) is 0. The van der Waals surface area contributed by atoms with Crippen molar-refractivity contribution in [3.05, 3.63) is 17.0 Å². The average molecular weight is 217 g/mol. The van der Waals surface area contributed by atoms with E-state index in [0.29, 0.717) is 11.7 Å². The molecule has 7 heteroatoms. The predicted molar refractivity (Wildman–Crippen MR) is 49.6 cm³/mol. The highest BCUT2D eigenvalue weighted by Gasteiger charge is 2.07. The van der Waals surface area contributed by atoms with Gasteiger partial charge in [-0.05, 0) is 12.2 Å². The SMILES string of the molecule is COc1nccc2nc(=S)n(Cl)n12. The first-order chi connectivity index (χ1) is 6.24. The summed E-state index contributed by atoms with van der Waals surface area (Å²) in [5, 5.41) is 0. The minimum atomic E-state index is 0.271. The molecule has 0 aromatic carbocycles. The Labute approximate surface area is 83.6 Å². The van der Waals surface area contributed by atoms with E-state index < -0.39 is 0 Å². The maximum Gasteiger partial charge on any atom is 0.318 e. The molecule has 0 saturated heterocycles. The molecule has 0 radical (unpaired) electrons. The fraction of sp³-hybridized carbons (Fsp3) is 0.167. The Morgan fingerprint density at radius 1 is 1.62 bits per heavy atom. The van der Waals surface area contributed by atoms with Crippen LogP contribution in [0.25, 0.3) is 5.65 Å². The lowest BCUT2D eigenvalue weighted by Gasteiger charge is -2.01. The number of ether oxygens (including phenoxy) is 1. The minimum absolute atomic E-state index is 0.271. The van der Waals surface area contributed by atoms with Crippen LogP contribution in [0.1, 0.15) is 0 Å². The Morgan fingerprint density at radius 2 is 2.38 bits per heavy atom. The van der Waals surface area contributed by atoms with Crippen molar-refractivity contribution in [2.75, 3.05) is 7.11 Å². The summed E-state index contributed by atoms with van der Waals surface area (Å²) in [6.07, 6.45) is 1.58. The van der Waals surface area contributed by atoms with Gasteiger partial charge in [0.15, 0.2) is 5.65 Å². The van der Waals surface area contributed by atoms with Crippen molar-refractivity contribution < 1.29 is 4.74 Å². The lowest BCUT2D eigenvalue weighted by molar-refractivity contribution is 0.364. The summed E-state index contributed by atoms with van der Waals surface area (Å²) in [5.41, 5.74) is 0.604. The van der Waals surface area contributed by atoms with Crippen molar-refractivity contribution in [1.29, 1.82) is 0 Å². The molecule has 0 N–H and O–H groups in total. The smallest absolute Gasteiger partial charge is 0.318 e. The second-order valence-electron chi connectivity index (χ2n) is 2.26. The van der Waals surface area contributed by atoms with Crippen LogP contribution in [0, 0.1) is 4.77 Å². The maximum atomic E-state index is 5.82. The van der Waals surface area contributed by atoms with Gasteiger partial charge in [0.1, 0.15) is 0 Å². The number of methoxy groups -OCH3 is 1. The maximum absolute atomic E-state index is 5.82. The fourth-order valence-electron chi connectivity index (χ4n) is 1.00. The number of hydrogen-bond acceptors (Lipinski definition) is 4. The molecule has 0 spiro atoms. The Morgan fingerprint density at radius 3 is 3.08 bits per heavy atom. The zero-order chi connectivity index (χ0) is 9.42. The van der Waals surface area contributed by atoms with Crippen LogP contribution < -0.4 is 4.74 Å². The molecule has 2 heterocycles. The van der Waals surface area contributed by atoms with Gasteiger partial charge in [0.2, 0.25) is 4.77 Å². The molecule has 0 fully saturated rings. The second kappa shape index (κ2) is 2.97. The quantitative estimate of drug-likeness (QED) is 0.674. The van der Waals surface area contributed by atoms with Gasteiger partial charge in [-0.15, -0.1) is 0 Å². The molecule has 2 aromatic rings. The van der Waals surface area contributed by atoms with Gasteiger partial charge < -0.3 is 4.74 Å². The monoisotopic (exact) mass is 216 g/mol. The normalized spacial score (nSPS) is 10.6. The van der Waals surface area contributed by atoms with E-state index >= 15 is 0 Å². The average Bonchev–Trinajstić information content (AvgIpc) is 2.43. The molecule has 0 aliphatic carbocycles. The highest BCUT2D eigenvalue weighted by atomic mass is 35.5. The summed E-state index contributed by atoms with van der Waals surface area (Å²) in [6, 6.07) is 2.04. The molecule has 0 amide bonds. The van der Waals surface area contributed by atoms with Crippen LogP contribution in [0.4, 0.5) is 0 Å². The molecule has 0 unspecified atom stereocenters. The molecule has 0 atom stereocenters. The third kappa shape index (κ3) is 1.18. The van der Waals surface area contributed by atoms with Crippen LogP contribution in [-0.4, -0.2) is 25.8 Å². The van der Waals surface area contributed by atoms with E-state index in [0.717, 1.165) is 0 Å². The summed E-state index contributed by atoms with van der Waals surface area (Å²) >= 11 is 10.7. The van der Waals surface area contributed by atoms with Crippen molar-refractivity contribution in [1.82, 2.24) is 18.7 Å². The number of rotatable bonds is 1. The van der Waals surface area contributed by atoms with Gasteiger partial charge in [-0.25, -0.2) is 4.98 Å². The molecule has 2 aromatic heterocycles. The van der Waals surface area contributed by atoms with E-state index in [-0.39, 0.29) is 4.77 Å². The standard InChI is InChI=1S/C6H5ClN4OS/c1-12-5-8-3-2-4-9-6(13)11(7)10(4)5/h2-3H,1H3. The van der Waals surface area contributed by atoms with E-state index in [9.17, 15) is 0 Å². The summed E-state index contributed by atoms with van der Waals surface area (Å²) in [7, 11) is 1.50. The van der Waals surface area contributed by atoms with Crippen molar-refractivity contribution in [2.24, 2.45) is 0 Å². The molecule has 5 nitrogen and oxygen atoms in total. The van der Waals surface area contributed by atoms with Crippen LogP contribution >= 0.6 is 24.0 Å². The molecule has 0 bridgehead atoms. The topological polar surface area (TPSA) is 44.4 Å². The zero-order valence-electron chi connectivity index (χ0n) is 6.64. The van der Waals surface area contributed by atoms with Crippen LogP contribution in [0.3, 0.4) is 0 Å². The van der Waals surface area contributed by atoms with Crippen LogP contribution in [0.5, 0.6) is 6.01 Å². The number of halogens is 1. The fourth-order valence-corrected chi connectivity index (χ4v) is 1.36. The van der Waals surface area contributed by atoms with Crippen molar-refractivity contribution >= 4 is 29.6 Å². The molecule has 2 rings (SSSR count). The first kappa shape index (κ1) is 8.46. The highest BCUT2D eigenvalue weighted by Crippen LogP contribution is 2.11. The van der Waals surface area contributed by atoms with E-state index in [1.807, 2.05) is 0 Å². The molecular weight excluding hydrogens is 212 g/mol. The molecule has 68 valence electrons. The number of nitrogens with zero attached hydrogens (tertiary/aromatic N) is 4. The van der Waals surface area contributed by atoms with Gasteiger partial charge in [-0.1, -0.05) is 0 Å². The Hall–Kier alpha value is -1.14. The molecule has 0 aliphatic rings. The van der Waals surface area contributed by atoms with Gasteiger partial charge in [0.25, 0.3) is 0 Å². The minimum Gasteiger partial charge on any atom is -0.467 e. The predicted octanol–water partition coefficient (Wildman–Crippen LogP) is 1.27. The van der Waals surface area contributed by atoms with Crippen LogP contribution in [0.2, 0.25) is 0 Å². The van der Waals surface area contributed by atoms with Gasteiger partial charge in [-0.3, -0.25) is 0 Å². The second-order valence-corrected chi connectivity index (χ2v) is 2.94. The molecule has 0 aliphatic heterocycles. The van der Waals surface area contributed by atoms with Crippen LogP contribution in [0.15, 0.2) is 12.3 Å². The lowest BCUT2D eigenvalue weighted by Crippen LogP contribution is -2.02. The summed E-state index contributed by atoms with van der Waals surface area (Å²) < 4.78 is 7.91. The zero-order valence-corrected chi connectivity index (χ0v) is 8.21. The van der Waals surface area contributed by atoms with E-state index in [1.54, 1.807) is 12.3 Å². The van der Waals surface area contributed by atoms with Gasteiger partial charge in [0.05, 0.1) is 7.11 Å². The molecule has 0 saturated carbocycles. The number of hydrogen-bond donors (Lipinski definition) is 0. The van der Waals surface area contributed by atoms with E-state index in [2.05, 4.69) is 9.97 Å². The first-order valence-electron chi connectivity index (χ1n) is 3.41. The number of aromatic nitrogens is 4. The van der Waals surface area contributed by atoms with E-state index in [1.165, 1.54) is 15.8 Å². The Balaban J connectivity index is 2.95. The summed E-state index contributed by atoms with van der Waals surface area (Å²) in [4.78, 5) is 7.96. The van der Waals surface area contributed by atoms with Gasteiger partial charge >= 0.3 is 6.01 Å².